The molecule has 2 aliphatic rings. The van der Waals surface area contributed by atoms with Crippen LogP contribution in [0.4, 0.5) is 4.79 Å². The van der Waals surface area contributed by atoms with Gasteiger partial charge in [-0.2, -0.15) is 0 Å². The first-order valence-electron chi connectivity index (χ1n) is 5.18. The Bertz CT molecular complexity index is 575. The fourth-order valence-corrected chi connectivity index (χ4v) is 2.03. The van der Waals surface area contributed by atoms with Crippen molar-refractivity contribution in [1.29, 1.82) is 0 Å². The molecular formula is C11H7N3O4. The molecule has 3 rings (SSSR count). The van der Waals surface area contributed by atoms with Crippen LogP contribution in [0.2, 0.25) is 0 Å². The van der Waals surface area contributed by atoms with Crippen LogP contribution in [0, 0.1) is 0 Å². The molecule has 0 radical (unpaired) electrons. The molecule has 5 amide bonds. The minimum absolute atomic E-state index is 0.233. The molecule has 1 saturated heterocycles. The maximum atomic E-state index is 12.0. The first-order chi connectivity index (χ1) is 8.59. The van der Waals surface area contributed by atoms with E-state index in [-0.39, 0.29) is 11.1 Å². The highest BCUT2D eigenvalue weighted by atomic mass is 16.2. The van der Waals surface area contributed by atoms with Crippen molar-refractivity contribution in [3.8, 4) is 0 Å². The number of fused-ring (bicyclic) bond motifs is 1. The summed E-state index contributed by atoms with van der Waals surface area (Å²) in [5.74, 6) is -1.88. The van der Waals surface area contributed by atoms with Gasteiger partial charge in [-0.3, -0.25) is 19.7 Å². The Morgan fingerprint density at radius 2 is 1.50 bits per heavy atom. The van der Waals surface area contributed by atoms with Crippen LogP contribution >= 0.6 is 0 Å². The number of hydrogen-bond donors (Lipinski definition) is 2. The SMILES string of the molecule is O=C1NC(=O)C(N2C(=O)c3ccccc3C2=O)N1. The molecule has 0 aliphatic carbocycles. The number of hydrogen-bond acceptors (Lipinski definition) is 4. The van der Waals surface area contributed by atoms with E-state index in [0.29, 0.717) is 0 Å². The van der Waals surface area contributed by atoms with E-state index in [1.165, 1.54) is 12.1 Å². The molecule has 2 N–H and O–H groups in total. The molecule has 2 aliphatic heterocycles. The summed E-state index contributed by atoms with van der Waals surface area (Å²) < 4.78 is 0. The van der Waals surface area contributed by atoms with Gasteiger partial charge in [-0.25, -0.2) is 9.69 Å². The number of nitrogens with one attached hydrogen (secondary N) is 2. The van der Waals surface area contributed by atoms with Crippen LogP contribution in [-0.2, 0) is 4.79 Å². The van der Waals surface area contributed by atoms with E-state index < -0.39 is 29.9 Å². The van der Waals surface area contributed by atoms with Gasteiger partial charge >= 0.3 is 6.03 Å². The Morgan fingerprint density at radius 1 is 0.944 bits per heavy atom. The highest BCUT2D eigenvalue weighted by Gasteiger charge is 2.46. The average Bonchev–Trinajstić information content (AvgIpc) is 2.79. The maximum Gasteiger partial charge on any atom is 0.323 e. The number of urea groups is 1. The molecule has 90 valence electrons. The lowest BCUT2D eigenvalue weighted by Crippen LogP contribution is -2.49. The Labute approximate surface area is 101 Å². The highest BCUT2D eigenvalue weighted by Crippen LogP contribution is 2.24. The summed E-state index contributed by atoms with van der Waals surface area (Å²) in [6, 6.07) is 5.54. The fourth-order valence-electron chi connectivity index (χ4n) is 2.03. The van der Waals surface area contributed by atoms with Crippen LogP contribution in [0.15, 0.2) is 24.3 Å². The van der Waals surface area contributed by atoms with E-state index in [9.17, 15) is 19.2 Å². The molecule has 0 spiro atoms. The van der Waals surface area contributed by atoms with Crippen molar-refractivity contribution < 1.29 is 19.2 Å². The van der Waals surface area contributed by atoms with Gasteiger partial charge < -0.3 is 5.32 Å². The number of rotatable bonds is 1. The Kier molecular flexibility index (Phi) is 1.97. The minimum Gasteiger partial charge on any atom is -0.309 e. The lowest BCUT2D eigenvalue weighted by atomic mass is 10.1. The number of carbonyl (C=O) groups is 4. The van der Waals surface area contributed by atoms with Crippen LogP contribution in [0.25, 0.3) is 0 Å². The standard InChI is InChI=1S/C11H7N3O4/c15-8-7(12-11(18)13-8)14-9(16)5-3-1-2-4-6(5)10(14)17/h1-4,7H,(H2,12,13,15,18). The number of carbonyl (C=O) groups excluding carboxylic acids is 4. The summed E-state index contributed by atoms with van der Waals surface area (Å²) >= 11 is 0. The maximum absolute atomic E-state index is 12.0. The van der Waals surface area contributed by atoms with E-state index >= 15 is 0 Å². The quantitative estimate of drug-likeness (QED) is 0.512. The van der Waals surface area contributed by atoms with Gasteiger partial charge in [0.25, 0.3) is 17.7 Å². The molecule has 1 unspecified atom stereocenters. The van der Waals surface area contributed by atoms with Crippen molar-refractivity contribution in [2.45, 2.75) is 6.17 Å². The molecule has 1 aromatic carbocycles. The largest absolute Gasteiger partial charge is 0.323 e. The fraction of sp³-hybridized carbons (Fsp3) is 0.0909. The first-order valence-corrected chi connectivity index (χ1v) is 5.18. The third-order valence-electron chi connectivity index (χ3n) is 2.84. The predicted molar refractivity (Wildman–Crippen MR) is 57.4 cm³/mol. The smallest absolute Gasteiger partial charge is 0.309 e. The molecule has 18 heavy (non-hydrogen) atoms. The summed E-state index contributed by atoms with van der Waals surface area (Å²) in [4.78, 5) is 47.3. The van der Waals surface area contributed by atoms with Crippen molar-refractivity contribution in [1.82, 2.24) is 15.5 Å². The Balaban J connectivity index is 2.02. The van der Waals surface area contributed by atoms with Crippen molar-refractivity contribution in [2.24, 2.45) is 0 Å². The van der Waals surface area contributed by atoms with Crippen LogP contribution in [0.1, 0.15) is 20.7 Å². The second-order valence-corrected chi connectivity index (χ2v) is 3.89. The molecule has 1 fully saturated rings. The van der Waals surface area contributed by atoms with E-state index in [4.69, 9.17) is 0 Å². The molecule has 7 heteroatoms. The summed E-state index contributed by atoms with van der Waals surface area (Å²) in [6.07, 6.45) is -1.27. The van der Waals surface area contributed by atoms with E-state index in [1.54, 1.807) is 12.1 Å². The van der Waals surface area contributed by atoms with E-state index in [0.717, 1.165) is 4.90 Å². The van der Waals surface area contributed by atoms with Gasteiger partial charge in [-0.05, 0) is 12.1 Å². The zero-order valence-electron chi connectivity index (χ0n) is 8.97. The summed E-state index contributed by atoms with van der Waals surface area (Å²) in [5.41, 5.74) is 0.466. The van der Waals surface area contributed by atoms with Gasteiger partial charge in [0.1, 0.15) is 0 Å². The number of benzene rings is 1. The van der Waals surface area contributed by atoms with Crippen LogP contribution in [0.3, 0.4) is 0 Å². The molecule has 0 saturated carbocycles. The van der Waals surface area contributed by atoms with E-state index in [2.05, 4.69) is 5.32 Å². The summed E-state index contributed by atoms with van der Waals surface area (Å²) in [5, 5.41) is 4.20. The van der Waals surface area contributed by atoms with Gasteiger partial charge in [0, 0.05) is 0 Å². The summed E-state index contributed by atoms with van der Waals surface area (Å²) in [6.45, 7) is 0. The molecule has 2 heterocycles. The second kappa shape index (κ2) is 3.39. The van der Waals surface area contributed by atoms with Crippen molar-refractivity contribution in [2.75, 3.05) is 0 Å². The topological polar surface area (TPSA) is 95.6 Å². The van der Waals surface area contributed by atoms with Gasteiger partial charge in [-0.15, -0.1) is 0 Å². The Morgan fingerprint density at radius 3 is 1.94 bits per heavy atom. The normalized spacial score (nSPS) is 22.0. The lowest BCUT2D eigenvalue weighted by Gasteiger charge is -2.18. The lowest BCUT2D eigenvalue weighted by molar-refractivity contribution is -0.122. The first kappa shape index (κ1) is 10.5. The van der Waals surface area contributed by atoms with Gasteiger partial charge in [0.05, 0.1) is 11.1 Å². The minimum atomic E-state index is -1.27. The zero-order chi connectivity index (χ0) is 12.9. The van der Waals surface area contributed by atoms with Gasteiger partial charge in [0.15, 0.2) is 6.17 Å². The third-order valence-corrected chi connectivity index (χ3v) is 2.84. The zero-order valence-corrected chi connectivity index (χ0v) is 8.97. The van der Waals surface area contributed by atoms with E-state index in [1.807, 2.05) is 5.32 Å². The number of amides is 5. The van der Waals surface area contributed by atoms with Crippen molar-refractivity contribution in [3.63, 3.8) is 0 Å². The molecule has 0 bridgehead atoms. The van der Waals surface area contributed by atoms with Crippen molar-refractivity contribution >= 4 is 23.8 Å². The third kappa shape index (κ3) is 1.24. The number of imide groups is 2. The highest BCUT2D eigenvalue weighted by molar-refractivity contribution is 6.23. The van der Waals surface area contributed by atoms with Crippen LogP contribution < -0.4 is 10.6 Å². The predicted octanol–water partition coefficient (Wildman–Crippen LogP) is -0.552. The van der Waals surface area contributed by atoms with Crippen LogP contribution in [-0.4, -0.2) is 34.8 Å². The monoisotopic (exact) mass is 245 g/mol. The molecule has 0 aromatic heterocycles. The Hall–Kier alpha value is -2.70. The van der Waals surface area contributed by atoms with Gasteiger partial charge in [0.2, 0.25) is 0 Å². The molecule has 1 aromatic rings. The molecular weight excluding hydrogens is 238 g/mol. The number of nitrogens with zero attached hydrogens (tertiary/aromatic N) is 1. The second-order valence-electron chi connectivity index (χ2n) is 3.89. The van der Waals surface area contributed by atoms with Crippen molar-refractivity contribution in [3.05, 3.63) is 35.4 Å². The summed E-state index contributed by atoms with van der Waals surface area (Å²) in [7, 11) is 0. The van der Waals surface area contributed by atoms with Gasteiger partial charge in [-0.1, -0.05) is 12.1 Å². The average molecular weight is 245 g/mol. The van der Waals surface area contributed by atoms with Crippen LogP contribution in [0.5, 0.6) is 0 Å². The molecule has 1 atom stereocenters. The molecule has 7 nitrogen and oxygen atoms in total.